The Morgan fingerprint density at radius 2 is 1.86 bits per heavy atom. The number of hydrogen-bond acceptors (Lipinski definition) is 5. The molecule has 2 aromatic rings. The van der Waals surface area contributed by atoms with Crippen molar-refractivity contribution in [1.82, 2.24) is 5.43 Å². The van der Waals surface area contributed by atoms with E-state index in [1.54, 1.807) is 13.3 Å². The third kappa shape index (κ3) is 6.95. The van der Waals surface area contributed by atoms with Crippen LogP contribution in [0.2, 0.25) is 0 Å². The molecule has 0 unspecified atom stereocenters. The predicted molar refractivity (Wildman–Crippen MR) is 110 cm³/mol. The molecule has 2 rings (SSSR count). The minimum Gasteiger partial charge on any atom is -0.493 e. The third-order valence-corrected chi connectivity index (χ3v) is 4.05. The van der Waals surface area contributed by atoms with Crippen LogP contribution in [-0.4, -0.2) is 32.4 Å². The third-order valence-electron chi connectivity index (χ3n) is 4.05. The van der Waals surface area contributed by atoms with E-state index < -0.39 is 0 Å². The van der Waals surface area contributed by atoms with E-state index in [2.05, 4.69) is 24.4 Å². The van der Waals surface area contributed by atoms with E-state index >= 15 is 0 Å². The quantitative estimate of drug-likeness (QED) is 0.362. The van der Waals surface area contributed by atoms with Crippen LogP contribution in [0.3, 0.4) is 0 Å². The van der Waals surface area contributed by atoms with E-state index in [4.69, 9.17) is 14.2 Å². The number of rotatable bonds is 11. The summed E-state index contributed by atoms with van der Waals surface area (Å²) < 4.78 is 16.5. The molecule has 0 atom stereocenters. The van der Waals surface area contributed by atoms with Crippen molar-refractivity contribution in [2.75, 3.05) is 20.3 Å². The number of ether oxygens (including phenoxy) is 3. The highest BCUT2D eigenvalue weighted by Crippen LogP contribution is 2.27. The molecule has 1 amide bonds. The lowest BCUT2D eigenvalue weighted by Gasteiger charge is -2.10. The molecule has 0 aromatic heterocycles. The molecule has 28 heavy (non-hydrogen) atoms. The molecule has 0 radical (unpaired) electrons. The van der Waals surface area contributed by atoms with Crippen LogP contribution in [0.25, 0.3) is 0 Å². The number of aryl methyl sites for hydroxylation is 1. The van der Waals surface area contributed by atoms with Gasteiger partial charge >= 0.3 is 0 Å². The van der Waals surface area contributed by atoms with Crippen LogP contribution in [0.4, 0.5) is 0 Å². The highest BCUT2D eigenvalue weighted by atomic mass is 16.5. The van der Waals surface area contributed by atoms with Crippen LogP contribution < -0.4 is 19.6 Å². The van der Waals surface area contributed by atoms with E-state index in [0.29, 0.717) is 23.9 Å². The molecule has 2 aromatic carbocycles. The zero-order chi connectivity index (χ0) is 20.2. The van der Waals surface area contributed by atoms with Gasteiger partial charge in [0.15, 0.2) is 18.1 Å². The molecule has 0 aliphatic heterocycles. The van der Waals surface area contributed by atoms with Crippen molar-refractivity contribution in [1.29, 1.82) is 0 Å². The highest BCUT2D eigenvalue weighted by molar-refractivity contribution is 5.83. The summed E-state index contributed by atoms with van der Waals surface area (Å²) in [7, 11) is 1.59. The maximum atomic E-state index is 11.9. The summed E-state index contributed by atoms with van der Waals surface area (Å²) in [5.74, 6) is 1.65. The number of hydrazone groups is 1. The molecule has 6 nitrogen and oxygen atoms in total. The second-order valence-electron chi connectivity index (χ2n) is 6.19. The molecule has 0 saturated heterocycles. The second kappa shape index (κ2) is 11.6. The fraction of sp³-hybridized carbons (Fsp3) is 0.364. The Kier molecular flexibility index (Phi) is 8.85. The van der Waals surface area contributed by atoms with Gasteiger partial charge < -0.3 is 14.2 Å². The first-order valence-corrected chi connectivity index (χ1v) is 9.50. The summed E-state index contributed by atoms with van der Waals surface area (Å²) >= 11 is 0. The average Bonchev–Trinajstić information content (AvgIpc) is 2.73. The minimum atomic E-state index is -0.331. The van der Waals surface area contributed by atoms with Gasteiger partial charge in [-0.1, -0.05) is 32.4 Å². The average molecular weight is 384 g/mol. The van der Waals surface area contributed by atoms with Crippen molar-refractivity contribution in [3.05, 3.63) is 53.6 Å². The van der Waals surface area contributed by atoms with Gasteiger partial charge in [-0.3, -0.25) is 4.79 Å². The summed E-state index contributed by atoms with van der Waals surface area (Å²) in [4.78, 5) is 11.9. The molecule has 0 aliphatic carbocycles. The van der Waals surface area contributed by atoms with Gasteiger partial charge in [0.1, 0.15) is 5.75 Å². The van der Waals surface area contributed by atoms with E-state index in [1.165, 1.54) is 5.56 Å². The van der Waals surface area contributed by atoms with Crippen molar-refractivity contribution in [3.63, 3.8) is 0 Å². The van der Waals surface area contributed by atoms with Gasteiger partial charge in [-0.15, -0.1) is 0 Å². The number of benzene rings is 2. The number of methoxy groups -OCH3 is 1. The molecule has 0 heterocycles. The van der Waals surface area contributed by atoms with Gasteiger partial charge in [-0.2, -0.15) is 5.10 Å². The lowest BCUT2D eigenvalue weighted by atomic mass is 10.2. The Morgan fingerprint density at radius 3 is 2.54 bits per heavy atom. The summed E-state index contributed by atoms with van der Waals surface area (Å²) in [6, 6.07) is 13.2. The first-order chi connectivity index (χ1) is 13.7. The first-order valence-electron chi connectivity index (χ1n) is 9.50. The van der Waals surface area contributed by atoms with Gasteiger partial charge in [0.25, 0.3) is 5.91 Å². The van der Waals surface area contributed by atoms with Gasteiger partial charge in [0.2, 0.25) is 0 Å². The Labute approximate surface area is 166 Å². The molecule has 150 valence electrons. The Bertz CT molecular complexity index is 773. The topological polar surface area (TPSA) is 69.2 Å². The maximum absolute atomic E-state index is 11.9. The lowest BCUT2D eigenvalue weighted by molar-refractivity contribution is -0.123. The molecular formula is C22H28N2O4. The number of carbonyl (C=O) groups is 1. The Hall–Kier alpha value is -3.02. The molecule has 0 bridgehead atoms. The number of nitrogens with zero attached hydrogens (tertiary/aromatic N) is 1. The maximum Gasteiger partial charge on any atom is 0.277 e. The lowest BCUT2D eigenvalue weighted by Crippen LogP contribution is -2.24. The summed E-state index contributed by atoms with van der Waals surface area (Å²) in [6.45, 7) is 4.75. The number of amides is 1. The van der Waals surface area contributed by atoms with Crippen molar-refractivity contribution in [2.24, 2.45) is 5.10 Å². The molecule has 1 N–H and O–H groups in total. The molecule has 6 heteroatoms. The van der Waals surface area contributed by atoms with Crippen LogP contribution in [0.15, 0.2) is 47.6 Å². The second-order valence-corrected chi connectivity index (χ2v) is 6.19. The van der Waals surface area contributed by atoms with Crippen molar-refractivity contribution < 1.29 is 19.0 Å². The number of hydrogen-bond donors (Lipinski definition) is 1. The summed E-state index contributed by atoms with van der Waals surface area (Å²) in [5.41, 5.74) is 4.46. The molecule has 0 spiro atoms. The number of nitrogens with one attached hydrogen (secondary N) is 1. The van der Waals surface area contributed by atoms with Gasteiger partial charge in [-0.25, -0.2) is 5.43 Å². The van der Waals surface area contributed by atoms with Crippen molar-refractivity contribution >= 4 is 12.1 Å². The predicted octanol–water partition coefficient (Wildman–Crippen LogP) is 3.97. The summed E-state index contributed by atoms with van der Waals surface area (Å²) in [6.07, 6.45) is 4.57. The van der Waals surface area contributed by atoms with E-state index in [-0.39, 0.29) is 12.5 Å². The van der Waals surface area contributed by atoms with E-state index in [0.717, 1.165) is 24.8 Å². The smallest absolute Gasteiger partial charge is 0.277 e. The fourth-order valence-electron chi connectivity index (χ4n) is 2.39. The zero-order valence-corrected chi connectivity index (χ0v) is 16.7. The molecule has 0 aliphatic rings. The van der Waals surface area contributed by atoms with Crippen LogP contribution in [0, 0.1) is 0 Å². The van der Waals surface area contributed by atoms with Gasteiger partial charge in [0, 0.05) is 0 Å². The number of carbonyl (C=O) groups excluding carboxylic acids is 1. The normalized spacial score (nSPS) is 10.7. The minimum absolute atomic E-state index is 0.101. The van der Waals surface area contributed by atoms with Gasteiger partial charge in [0.05, 0.1) is 19.9 Å². The van der Waals surface area contributed by atoms with Crippen LogP contribution in [-0.2, 0) is 11.2 Å². The van der Waals surface area contributed by atoms with Crippen LogP contribution in [0.5, 0.6) is 17.2 Å². The highest BCUT2D eigenvalue weighted by Gasteiger charge is 2.05. The van der Waals surface area contributed by atoms with Crippen LogP contribution in [0.1, 0.15) is 37.8 Å². The SMILES string of the molecule is CCCCOc1ccc(/C=N/NC(=O)COc2ccc(CC)cc2)cc1OC. The standard InChI is InChI=1S/C22H28N2O4/c1-4-6-13-27-20-12-9-18(14-21(20)26-3)15-23-24-22(25)16-28-19-10-7-17(5-2)8-11-19/h7-12,14-15H,4-6,13,16H2,1-3H3,(H,24,25)/b23-15+. The first kappa shape index (κ1) is 21.3. The fourth-order valence-corrected chi connectivity index (χ4v) is 2.39. The Morgan fingerprint density at radius 1 is 1.07 bits per heavy atom. The summed E-state index contributed by atoms with van der Waals surface area (Å²) in [5, 5.41) is 3.96. The zero-order valence-electron chi connectivity index (χ0n) is 16.7. The molecular weight excluding hydrogens is 356 g/mol. The monoisotopic (exact) mass is 384 g/mol. The van der Waals surface area contributed by atoms with E-state index in [9.17, 15) is 4.79 Å². The molecule has 0 saturated carbocycles. The van der Waals surface area contributed by atoms with Crippen molar-refractivity contribution in [2.45, 2.75) is 33.1 Å². The Balaban J connectivity index is 1.82. The van der Waals surface area contributed by atoms with Gasteiger partial charge in [-0.05, 0) is 54.3 Å². The van der Waals surface area contributed by atoms with Crippen molar-refractivity contribution in [3.8, 4) is 17.2 Å². The molecule has 0 fully saturated rings. The van der Waals surface area contributed by atoms with Crippen LogP contribution >= 0.6 is 0 Å². The van der Waals surface area contributed by atoms with E-state index in [1.807, 2.05) is 42.5 Å². The largest absolute Gasteiger partial charge is 0.493 e. The number of unbranched alkanes of at least 4 members (excludes halogenated alkanes) is 1.